The molecule has 3 rings (SSSR count). The number of benzene rings is 1. The summed E-state index contributed by atoms with van der Waals surface area (Å²) in [7, 11) is 1.97. The Labute approximate surface area is 147 Å². The predicted molar refractivity (Wildman–Crippen MR) is 92.0 cm³/mol. The highest BCUT2D eigenvalue weighted by Crippen LogP contribution is 2.40. The lowest BCUT2D eigenvalue weighted by Gasteiger charge is -2.32. The number of carbonyl (C=O) groups is 1. The molecule has 1 saturated heterocycles. The number of fused-ring (bicyclic) bond motifs is 1. The first-order valence-corrected chi connectivity index (χ1v) is 8.10. The van der Waals surface area contributed by atoms with Gasteiger partial charge in [-0.3, -0.25) is 4.79 Å². The molecule has 0 spiro atoms. The van der Waals surface area contributed by atoms with Crippen molar-refractivity contribution in [3.8, 4) is 11.5 Å². The molecule has 0 saturated carbocycles. The standard InChI is InChI=1S/C16H21ClN2O3.ClH/c1-18-5-2-11-3-6-19(7-4-11)16(20)12-8-13(17)15-14(9-12)21-10-22-15;/h8-9,11,18H,2-7,10H2,1H3;1H. The Morgan fingerprint density at radius 1 is 1.35 bits per heavy atom. The number of likely N-dealkylation sites (tertiary alicyclic amines) is 1. The van der Waals surface area contributed by atoms with E-state index in [4.69, 9.17) is 21.1 Å². The average molecular weight is 361 g/mol. The van der Waals surface area contributed by atoms with Crippen molar-refractivity contribution in [2.45, 2.75) is 19.3 Å². The number of nitrogens with one attached hydrogen (secondary N) is 1. The molecule has 2 heterocycles. The molecule has 0 aromatic heterocycles. The second-order valence-electron chi connectivity index (χ2n) is 5.82. The molecule has 1 amide bonds. The zero-order valence-electron chi connectivity index (χ0n) is 13.1. The van der Waals surface area contributed by atoms with Gasteiger partial charge in [-0.05, 0) is 50.9 Å². The molecule has 2 aliphatic heterocycles. The van der Waals surface area contributed by atoms with Crippen LogP contribution in [0.3, 0.4) is 0 Å². The summed E-state index contributed by atoms with van der Waals surface area (Å²) in [6, 6.07) is 3.40. The molecule has 0 radical (unpaired) electrons. The van der Waals surface area contributed by atoms with Crippen molar-refractivity contribution >= 4 is 29.9 Å². The lowest BCUT2D eigenvalue weighted by Crippen LogP contribution is -2.38. The van der Waals surface area contributed by atoms with Gasteiger partial charge in [-0.15, -0.1) is 12.4 Å². The first-order chi connectivity index (χ1) is 10.7. The molecule has 1 fully saturated rings. The largest absolute Gasteiger partial charge is 0.454 e. The van der Waals surface area contributed by atoms with Gasteiger partial charge >= 0.3 is 0 Å². The van der Waals surface area contributed by atoms with Crippen LogP contribution in [0.2, 0.25) is 5.02 Å². The third-order valence-corrected chi connectivity index (χ3v) is 4.66. The molecular weight excluding hydrogens is 339 g/mol. The van der Waals surface area contributed by atoms with Gasteiger partial charge in [0, 0.05) is 18.7 Å². The monoisotopic (exact) mass is 360 g/mol. The fourth-order valence-corrected chi connectivity index (χ4v) is 3.31. The van der Waals surface area contributed by atoms with Gasteiger partial charge in [0.05, 0.1) is 5.02 Å². The minimum absolute atomic E-state index is 0. The smallest absolute Gasteiger partial charge is 0.254 e. The molecule has 0 aliphatic carbocycles. The first-order valence-electron chi connectivity index (χ1n) is 7.72. The highest BCUT2D eigenvalue weighted by molar-refractivity contribution is 6.32. The van der Waals surface area contributed by atoms with E-state index in [0.717, 1.165) is 32.5 Å². The van der Waals surface area contributed by atoms with Crippen LogP contribution in [0.15, 0.2) is 12.1 Å². The molecular formula is C16H22Cl2N2O3. The number of ether oxygens (including phenoxy) is 2. The van der Waals surface area contributed by atoms with Gasteiger partial charge in [0.25, 0.3) is 5.91 Å². The van der Waals surface area contributed by atoms with Gasteiger partial charge in [0.15, 0.2) is 11.5 Å². The van der Waals surface area contributed by atoms with E-state index < -0.39 is 0 Å². The van der Waals surface area contributed by atoms with Gasteiger partial charge < -0.3 is 19.7 Å². The predicted octanol–water partition coefficient (Wildman–Crippen LogP) is 2.95. The molecule has 0 bridgehead atoms. The number of hydrogen-bond donors (Lipinski definition) is 1. The fraction of sp³-hybridized carbons (Fsp3) is 0.562. The van der Waals surface area contributed by atoms with Crippen LogP contribution in [0.1, 0.15) is 29.6 Å². The second-order valence-corrected chi connectivity index (χ2v) is 6.23. The maximum atomic E-state index is 12.6. The Morgan fingerprint density at radius 2 is 2.09 bits per heavy atom. The van der Waals surface area contributed by atoms with Crippen molar-refractivity contribution in [3.05, 3.63) is 22.7 Å². The Hall–Kier alpha value is -1.17. The van der Waals surface area contributed by atoms with Crippen molar-refractivity contribution in [2.75, 3.05) is 33.5 Å². The Balaban J connectivity index is 0.00000192. The number of amides is 1. The molecule has 1 N–H and O–H groups in total. The van der Waals surface area contributed by atoms with E-state index in [1.807, 2.05) is 11.9 Å². The summed E-state index contributed by atoms with van der Waals surface area (Å²) < 4.78 is 10.6. The van der Waals surface area contributed by atoms with E-state index in [1.165, 1.54) is 6.42 Å². The number of rotatable bonds is 4. The third-order valence-electron chi connectivity index (χ3n) is 4.38. The molecule has 128 valence electrons. The van der Waals surface area contributed by atoms with Gasteiger partial charge in [-0.2, -0.15) is 0 Å². The highest BCUT2D eigenvalue weighted by atomic mass is 35.5. The maximum Gasteiger partial charge on any atom is 0.254 e. The summed E-state index contributed by atoms with van der Waals surface area (Å²) in [5.41, 5.74) is 0.572. The quantitative estimate of drug-likeness (QED) is 0.896. The van der Waals surface area contributed by atoms with Crippen molar-refractivity contribution in [3.63, 3.8) is 0 Å². The fourth-order valence-electron chi connectivity index (χ4n) is 3.05. The van der Waals surface area contributed by atoms with Gasteiger partial charge in [0.1, 0.15) is 0 Å². The topological polar surface area (TPSA) is 50.8 Å². The number of carbonyl (C=O) groups excluding carboxylic acids is 1. The van der Waals surface area contributed by atoms with Crippen molar-refractivity contribution < 1.29 is 14.3 Å². The summed E-state index contributed by atoms with van der Waals surface area (Å²) in [4.78, 5) is 14.5. The Kier molecular flexibility index (Phi) is 6.39. The number of halogens is 2. The van der Waals surface area contributed by atoms with Gasteiger partial charge in [-0.1, -0.05) is 11.6 Å². The molecule has 2 aliphatic rings. The van der Waals surface area contributed by atoms with Crippen molar-refractivity contribution in [2.24, 2.45) is 5.92 Å². The normalized spacial score (nSPS) is 17.0. The van der Waals surface area contributed by atoms with Crippen LogP contribution in [0, 0.1) is 5.92 Å². The van der Waals surface area contributed by atoms with E-state index in [0.29, 0.717) is 28.0 Å². The molecule has 1 aromatic carbocycles. The molecule has 23 heavy (non-hydrogen) atoms. The van der Waals surface area contributed by atoms with Crippen LogP contribution in [-0.2, 0) is 0 Å². The summed E-state index contributed by atoms with van der Waals surface area (Å²) in [5.74, 6) is 1.81. The van der Waals surface area contributed by atoms with Crippen LogP contribution in [0.4, 0.5) is 0 Å². The third kappa shape index (κ3) is 4.03. The number of hydrogen-bond acceptors (Lipinski definition) is 4. The van der Waals surface area contributed by atoms with Crippen molar-refractivity contribution in [1.29, 1.82) is 0 Å². The van der Waals surface area contributed by atoms with Crippen LogP contribution < -0.4 is 14.8 Å². The Bertz CT molecular complexity index is 561. The van der Waals surface area contributed by atoms with Gasteiger partial charge in [-0.25, -0.2) is 0 Å². The summed E-state index contributed by atoms with van der Waals surface area (Å²) >= 11 is 6.16. The van der Waals surface area contributed by atoms with Crippen LogP contribution >= 0.6 is 24.0 Å². The van der Waals surface area contributed by atoms with E-state index >= 15 is 0 Å². The van der Waals surface area contributed by atoms with Crippen LogP contribution in [0.5, 0.6) is 11.5 Å². The molecule has 7 heteroatoms. The number of nitrogens with zero attached hydrogens (tertiary/aromatic N) is 1. The lowest BCUT2D eigenvalue weighted by molar-refractivity contribution is 0.0686. The van der Waals surface area contributed by atoms with E-state index in [2.05, 4.69) is 5.32 Å². The zero-order valence-corrected chi connectivity index (χ0v) is 14.7. The minimum atomic E-state index is 0. The molecule has 0 unspecified atom stereocenters. The Morgan fingerprint density at radius 3 is 2.78 bits per heavy atom. The maximum absolute atomic E-state index is 12.6. The summed E-state index contributed by atoms with van der Waals surface area (Å²) in [6.45, 7) is 2.80. The second kappa shape index (κ2) is 8.08. The van der Waals surface area contributed by atoms with E-state index in [1.54, 1.807) is 12.1 Å². The first kappa shape index (κ1) is 18.2. The summed E-state index contributed by atoms with van der Waals surface area (Å²) in [5, 5.41) is 3.62. The molecule has 1 aromatic rings. The molecule has 5 nitrogen and oxygen atoms in total. The van der Waals surface area contributed by atoms with E-state index in [9.17, 15) is 4.79 Å². The van der Waals surface area contributed by atoms with Crippen molar-refractivity contribution in [1.82, 2.24) is 10.2 Å². The van der Waals surface area contributed by atoms with Gasteiger partial charge in [0.2, 0.25) is 6.79 Å². The van der Waals surface area contributed by atoms with E-state index in [-0.39, 0.29) is 25.1 Å². The zero-order chi connectivity index (χ0) is 15.5. The average Bonchev–Trinajstić information content (AvgIpc) is 3.02. The number of piperidine rings is 1. The SMILES string of the molecule is CNCCC1CCN(C(=O)c2cc(Cl)c3c(c2)OCO3)CC1.Cl. The van der Waals surface area contributed by atoms with Crippen LogP contribution in [-0.4, -0.2) is 44.3 Å². The highest BCUT2D eigenvalue weighted by Gasteiger charge is 2.26. The minimum Gasteiger partial charge on any atom is -0.454 e. The lowest BCUT2D eigenvalue weighted by atomic mass is 9.93. The van der Waals surface area contributed by atoms with Crippen LogP contribution in [0.25, 0.3) is 0 Å². The molecule has 0 atom stereocenters. The summed E-state index contributed by atoms with van der Waals surface area (Å²) in [6.07, 6.45) is 3.30.